The molecule has 0 aliphatic carbocycles. The van der Waals surface area contributed by atoms with Crippen LogP contribution >= 0.6 is 11.6 Å². The van der Waals surface area contributed by atoms with Crippen LogP contribution in [-0.2, 0) is 12.7 Å². The summed E-state index contributed by atoms with van der Waals surface area (Å²) >= 11 is 6.08. The molecular weight excluding hydrogens is 383 g/mol. The van der Waals surface area contributed by atoms with Crippen molar-refractivity contribution in [1.29, 1.82) is 0 Å². The maximum absolute atomic E-state index is 12.9. The van der Waals surface area contributed by atoms with Crippen molar-refractivity contribution in [2.75, 3.05) is 11.9 Å². The minimum atomic E-state index is -4.52. The van der Waals surface area contributed by atoms with Crippen molar-refractivity contribution in [3.63, 3.8) is 0 Å². The predicted octanol–water partition coefficient (Wildman–Crippen LogP) is 3.52. The molecule has 27 heavy (non-hydrogen) atoms. The number of anilines is 1. The van der Waals surface area contributed by atoms with Gasteiger partial charge >= 0.3 is 6.18 Å². The van der Waals surface area contributed by atoms with Gasteiger partial charge in [0.15, 0.2) is 0 Å². The van der Waals surface area contributed by atoms with Crippen molar-refractivity contribution in [3.8, 4) is 5.69 Å². The van der Waals surface area contributed by atoms with Crippen molar-refractivity contribution in [2.24, 2.45) is 0 Å². The number of hydrogen-bond acceptors (Lipinski definition) is 4. The van der Waals surface area contributed by atoms with Crippen LogP contribution in [0.1, 0.15) is 11.1 Å². The van der Waals surface area contributed by atoms with E-state index in [2.05, 4.69) is 15.5 Å². The van der Waals surface area contributed by atoms with Gasteiger partial charge in [-0.3, -0.25) is 9.48 Å². The summed E-state index contributed by atoms with van der Waals surface area (Å²) in [5.41, 5.74) is -0.278. The minimum absolute atomic E-state index is 0.0182. The Balaban J connectivity index is 1.80. The van der Waals surface area contributed by atoms with Crippen LogP contribution in [-0.4, -0.2) is 26.1 Å². The second kappa shape index (κ2) is 7.43. The quantitative estimate of drug-likeness (QED) is 0.715. The van der Waals surface area contributed by atoms with E-state index >= 15 is 0 Å². The summed E-state index contributed by atoms with van der Waals surface area (Å²) in [5, 5.41) is 10.9. The Morgan fingerprint density at radius 3 is 2.67 bits per heavy atom. The molecule has 0 saturated heterocycles. The first kappa shape index (κ1) is 19.0. The highest BCUT2D eigenvalue weighted by Crippen LogP contribution is 2.30. The zero-order chi connectivity index (χ0) is 19.6. The van der Waals surface area contributed by atoms with Crippen LogP contribution in [0.2, 0.25) is 5.02 Å². The van der Waals surface area contributed by atoms with Crippen molar-refractivity contribution < 1.29 is 13.2 Å². The largest absolute Gasteiger partial charge is 0.416 e. The summed E-state index contributed by atoms with van der Waals surface area (Å²) in [4.78, 5) is 12.4. The van der Waals surface area contributed by atoms with E-state index < -0.39 is 17.3 Å². The van der Waals surface area contributed by atoms with E-state index in [0.29, 0.717) is 18.8 Å². The second-order valence-electron chi connectivity index (χ2n) is 5.84. The number of aryl methyl sites for hydroxylation is 1. The zero-order valence-corrected chi connectivity index (χ0v) is 14.9. The SMILES string of the molecule is Cc1cnn(CCNc2cnn(-c3cccc(C(F)(F)F)c3)c(=O)c2Cl)c1. The summed E-state index contributed by atoms with van der Waals surface area (Å²) in [7, 11) is 0. The monoisotopic (exact) mass is 397 g/mol. The molecule has 142 valence electrons. The third-order valence-electron chi connectivity index (χ3n) is 3.76. The van der Waals surface area contributed by atoms with Crippen LogP contribution in [0.25, 0.3) is 5.69 Å². The Hall–Kier alpha value is -2.81. The number of benzene rings is 1. The molecule has 0 spiro atoms. The van der Waals surface area contributed by atoms with Gasteiger partial charge in [-0.2, -0.15) is 28.1 Å². The van der Waals surface area contributed by atoms with Gasteiger partial charge in [0.05, 0.1) is 35.9 Å². The van der Waals surface area contributed by atoms with Gasteiger partial charge in [-0.25, -0.2) is 0 Å². The Bertz CT molecular complexity index is 1010. The maximum Gasteiger partial charge on any atom is 0.416 e. The van der Waals surface area contributed by atoms with E-state index in [-0.39, 0.29) is 10.7 Å². The molecular formula is C17H15ClF3N5O. The number of alkyl halides is 3. The van der Waals surface area contributed by atoms with Crippen LogP contribution in [0.3, 0.4) is 0 Å². The molecule has 1 aromatic carbocycles. The number of halogens is 4. The summed E-state index contributed by atoms with van der Waals surface area (Å²) < 4.78 is 41.1. The standard InChI is InChI=1S/C17H15ClF3N5O/c1-11-8-23-25(10-11)6-5-22-14-9-24-26(16(27)15(14)18)13-4-2-3-12(7-13)17(19,20)21/h2-4,7-10,22H,5-6H2,1H3. The fourth-order valence-corrected chi connectivity index (χ4v) is 2.64. The molecule has 3 rings (SSSR count). The van der Waals surface area contributed by atoms with Gasteiger partial charge in [0, 0.05) is 12.7 Å². The Morgan fingerprint density at radius 1 is 1.22 bits per heavy atom. The van der Waals surface area contributed by atoms with Gasteiger partial charge in [0.1, 0.15) is 5.02 Å². The molecule has 0 aliphatic heterocycles. The molecule has 0 fully saturated rings. The lowest BCUT2D eigenvalue weighted by Crippen LogP contribution is -2.23. The summed E-state index contributed by atoms with van der Waals surface area (Å²) in [6, 6.07) is 4.33. The summed E-state index contributed by atoms with van der Waals surface area (Å²) in [6.45, 7) is 2.90. The van der Waals surface area contributed by atoms with Gasteiger partial charge in [0.2, 0.25) is 0 Å². The molecule has 2 heterocycles. The smallest absolute Gasteiger partial charge is 0.381 e. The van der Waals surface area contributed by atoms with E-state index in [1.807, 2.05) is 13.1 Å². The van der Waals surface area contributed by atoms with Gasteiger partial charge in [0.25, 0.3) is 5.56 Å². The van der Waals surface area contributed by atoms with E-state index in [1.165, 1.54) is 18.3 Å². The summed E-state index contributed by atoms with van der Waals surface area (Å²) in [6.07, 6.45) is 0.381. The van der Waals surface area contributed by atoms with Gasteiger partial charge < -0.3 is 5.32 Å². The molecule has 3 aromatic rings. The van der Waals surface area contributed by atoms with E-state index in [9.17, 15) is 18.0 Å². The highest BCUT2D eigenvalue weighted by molar-refractivity contribution is 6.32. The number of hydrogen-bond donors (Lipinski definition) is 1. The average Bonchev–Trinajstić information content (AvgIpc) is 3.03. The lowest BCUT2D eigenvalue weighted by Gasteiger charge is -2.12. The molecule has 0 atom stereocenters. The molecule has 2 aromatic heterocycles. The molecule has 1 N–H and O–H groups in total. The molecule has 0 saturated carbocycles. The highest BCUT2D eigenvalue weighted by atomic mass is 35.5. The van der Waals surface area contributed by atoms with Crippen molar-refractivity contribution in [3.05, 3.63) is 69.4 Å². The number of nitrogens with zero attached hydrogens (tertiary/aromatic N) is 4. The van der Waals surface area contributed by atoms with Gasteiger partial charge in [-0.1, -0.05) is 17.7 Å². The van der Waals surface area contributed by atoms with Gasteiger partial charge in [-0.15, -0.1) is 0 Å². The molecule has 0 unspecified atom stereocenters. The molecule has 0 aliphatic rings. The van der Waals surface area contributed by atoms with Crippen molar-refractivity contribution >= 4 is 17.3 Å². The molecule has 10 heteroatoms. The molecule has 6 nitrogen and oxygen atoms in total. The fourth-order valence-electron chi connectivity index (χ4n) is 2.45. The normalized spacial score (nSPS) is 11.6. The summed E-state index contributed by atoms with van der Waals surface area (Å²) in [5.74, 6) is 0. The molecule has 0 amide bonds. The Labute approximate surface area is 157 Å². The van der Waals surface area contributed by atoms with Crippen LogP contribution in [0.5, 0.6) is 0 Å². The van der Waals surface area contributed by atoms with Crippen molar-refractivity contribution in [1.82, 2.24) is 19.6 Å². The minimum Gasteiger partial charge on any atom is -0.381 e. The van der Waals surface area contributed by atoms with Crippen LogP contribution in [0.4, 0.5) is 18.9 Å². The number of rotatable bonds is 5. The second-order valence-corrected chi connectivity index (χ2v) is 6.22. The third kappa shape index (κ3) is 4.30. The maximum atomic E-state index is 12.9. The number of aromatic nitrogens is 4. The number of nitrogens with one attached hydrogen (secondary N) is 1. The Kier molecular flexibility index (Phi) is 5.22. The third-order valence-corrected chi connectivity index (χ3v) is 4.12. The van der Waals surface area contributed by atoms with E-state index in [0.717, 1.165) is 22.4 Å². The molecule has 0 radical (unpaired) electrons. The van der Waals surface area contributed by atoms with E-state index in [4.69, 9.17) is 11.6 Å². The first-order valence-corrected chi connectivity index (χ1v) is 8.32. The predicted molar refractivity (Wildman–Crippen MR) is 95.3 cm³/mol. The van der Waals surface area contributed by atoms with Crippen LogP contribution in [0, 0.1) is 6.92 Å². The zero-order valence-electron chi connectivity index (χ0n) is 14.2. The lowest BCUT2D eigenvalue weighted by atomic mass is 10.2. The first-order chi connectivity index (χ1) is 12.8. The van der Waals surface area contributed by atoms with Crippen molar-refractivity contribution in [2.45, 2.75) is 19.6 Å². The van der Waals surface area contributed by atoms with E-state index in [1.54, 1.807) is 10.9 Å². The average molecular weight is 398 g/mol. The fraction of sp³-hybridized carbons (Fsp3) is 0.235. The van der Waals surface area contributed by atoms with Gasteiger partial charge in [-0.05, 0) is 30.7 Å². The Morgan fingerprint density at radius 2 is 2.00 bits per heavy atom. The highest BCUT2D eigenvalue weighted by Gasteiger charge is 2.30. The first-order valence-electron chi connectivity index (χ1n) is 7.94. The lowest BCUT2D eigenvalue weighted by molar-refractivity contribution is -0.137. The van der Waals surface area contributed by atoms with Crippen LogP contribution in [0.15, 0.2) is 47.7 Å². The molecule has 0 bridgehead atoms. The van der Waals surface area contributed by atoms with Crippen LogP contribution < -0.4 is 10.9 Å². The topological polar surface area (TPSA) is 64.7 Å².